The summed E-state index contributed by atoms with van der Waals surface area (Å²) in [5, 5.41) is 32.9. The van der Waals surface area contributed by atoms with Gasteiger partial charge in [-0.3, -0.25) is 0 Å². The number of halogens is 1. The van der Waals surface area contributed by atoms with Crippen molar-refractivity contribution in [2.24, 2.45) is 0 Å². The van der Waals surface area contributed by atoms with Crippen molar-refractivity contribution in [2.75, 3.05) is 6.61 Å². The quantitative estimate of drug-likeness (QED) is 0.223. The molecule has 3 N–H and O–H groups in total. The van der Waals surface area contributed by atoms with Crippen molar-refractivity contribution in [1.29, 1.82) is 0 Å². The Kier molecular flexibility index (Phi) is 9.97. The molecule has 2 atom stereocenters. The molecule has 0 saturated carbocycles. The Labute approximate surface area is 226 Å². The smallest absolute Gasteiger partial charge is 0.261 e. The van der Waals surface area contributed by atoms with E-state index < -0.39 is 20.5 Å². The number of phenols is 1. The molecule has 37 heavy (non-hydrogen) atoms. The first-order chi connectivity index (χ1) is 17.5. The highest BCUT2D eigenvalue weighted by atomic mass is 35.5. The number of rotatable bonds is 10. The third kappa shape index (κ3) is 7.23. The molecule has 6 heteroatoms. The standard InChI is InChI=1S/C31H37ClO4Si/c1-23(33)20-24(12-11-17-30(35)28-19-18-25(34)21-29(28)32)22-36-37(31(2,3)4,26-13-7-5-8-14-26)27-15-9-6-10-16-27/h5-11,13-16,18-19,21,23,30,33-35H,17,20,22H2,1-4H3/t12?,23-,30+/m0/s1. The predicted octanol–water partition coefficient (Wildman–Crippen LogP) is 5.90. The van der Waals surface area contributed by atoms with Crippen LogP contribution in [0.2, 0.25) is 10.1 Å². The van der Waals surface area contributed by atoms with Crippen LogP contribution in [0.3, 0.4) is 0 Å². The summed E-state index contributed by atoms with van der Waals surface area (Å²) in [5.74, 6) is 0.0519. The summed E-state index contributed by atoms with van der Waals surface area (Å²) in [6, 6.07) is 25.4. The number of phenolic OH excluding ortho intramolecular Hbond substituents is 1. The van der Waals surface area contributed by atoms with E-state index in [2.05, 4.69) is 75.0 Å². The highest BCUT2D eigenvalue weighted by Gasteiger charge is 2.50. The van der Waals surface area contributed by atoms with Gasteiger partial charge in [0, 0.05) is 12.8 Å². The molecule has 3 aromatic carbocycles. The second-order valence-corrected chi connectivity index (χ2v) is 15.1. The van der Waals surface area contributed by atoms with Gasteiger partial charge in [-0.25, -0.2) is 0 Å². The summed E-state index contributed by atoms with van der Waals surface area (Å²) >= 11 is 6.19. The molecule has 0 aromatic heterocycles. The van der Waals surface area contributed by atoms with Gasteiger partial charge in [-0.1, -0.05) is 99.1 Å². The average molecular weight is 537 g/mol. The Balaban J connectivity index is 1.95. The third-order valence-electron chi connectivity index (χ3n) is 6.41. The van der Waals surface area contributed by atoms with Crippen LogP contribution in [0.15, 0.2) is 96.2 Å². The molecule has 0 bridgehead atoms. The molecule has 196 valence electrons. The molecular formula is C31H37ClO4Si. The zero-order valence-corrected chi connectivity index (χ0v) is 23.7. The van der Waals surface area contributed by atoms with Gasteiger partial charge in [0.1, 0.15) is 5.75 Å². The first-order valence-corrected chi connectivity index (χ1v) is 14.9. The van der Waals surface area contributed by atoms with E-state index >= 15 is 0 Å². The van der Waals surface area contributed by atoms with Gasteiger partial charge < -0.3 is 19.7 Å². The van der Waals surface area contributed by atoms with Crippen LogP contribution in [-0.4, -0.2) is 36.3 Å². The van der Waals surface area contributed by atoms with Crippen LogP contribution >= 0.6 is 11.6 Å². The summed E-state index contributed by atoms with van der Waals surface area (Å²) < 4.78 is 7.00. The maximum Gasteiger partial charge on any atom is 0.261 e. The van der Waals surface area contributed by atoms with E-state index in [9.17, 15) is 15.3 Å². The molecule has 0 amide bonds. The van der Waals surface area contributed by atoms with E-state index in [1.165, 1.54) is 22.5 Å². The van der Waals surface area contributed by atoms with Gasteiger partial charge in [0.2, 0.25) is 0 Å². The zero-order valence-electron chi connectivity index (χ0n) is 22.0. The minimum atomic E-state index is -2.74. The number of benzene rings is 3. The largest absolute Gasteiger partial charge is 0.508 e. The molecule has 0 fully saturated rings. The van der Waals surface area contributed by atoms with Crippen molar-refractivity contribution < 1.29 is 19.7 Å². The van der Waals surface area contributed by atoms with Crippen LogP contribution in [0.25, 0.3) is 0 Å². The molecule has 4 nitrogen and oxygen atoms in total. The first kappa shape index (κ1) is 28.9. The number of aliphatic hydroxyl groups excluding tert-OH is 2. The van der Waals surface area contributed by atoms with Crippen LogP contribution < -0.4 is 10.4 Å². The maximum absolute atomic E-state index is 10.6. The summed E-state index contributed by atoms with van der Waals surface area (Å²) in [6.45, 7) is 8.74. The van der Waals surface area contributed by atoms with Crippen LogP contribution in [0.5, 0.6) is 5.75 Å². The Hall–Kier alpha value is -2.63. The van der Waals surface area contributed by atoms with Crippen LogP contribution in [0, 0.1) is 0 Å². The third-order valence-corrected chi connectivity index (χ3v) is 11.7. The lowest BCUT2D eigenvalue weighted by molar-refractivity contribution is 0.181. The topological polar surface area (TPSA) is 69.9 Å². The van der Waals surface area contributed by atoms with Crippen molar-refractivity contribution in [2.45, 2.75) is 57.8 Å². The lowest BCUT2D eigenvalue weighted by Gasteiger charge is -2.43. The van der Waals surface area contributed by atoms with Gasteiger partial charge in [0.05, 0.1) is 23.8 Å². The van der Waals surface area contributed by atoms with Crippen molar-refractivity contribution in [3.63, 3.8) is 0 Å². The monoisotopic (exact) mass is 536 g/mol. The Bertz CT molecular complexity index is 1170. The maximum atomic E-state index is 10.6. The van der Waals surface area contributed by atoms with Gasteiger partial charge in [0.15, 0.2) is 0 Å². The van der Waals surface area contributed by atoms with E-state index in [1.54, 1.807) is 19.1 Å². The fourth-order valence-electron chi connectivity index (χ4n) is 4.70. The normalized spacial score (nSPS) is 13.5. The lowest BCUT2D eigenvalue weighted by atomic mass is 10.1. The summed E-state index contributed by atoms with van der Waals surface area (Å²) in [4.78, 5) is 0. The van der Waals surface area contributed by atoms with E-state index in [-0.39, 0.29) is 17.2 Å². The number of aliphatic hydroxyl groups is 2. The minimum Gasteiger partial charge on any atom is -0.508 e. The van der Waals surface area contributed by atoms with Gasteiger partial charge >= 0.3 is 0 Å². The molecule has 0 aliphatic carbocycles. The minimum absolute atomic E-state index is 0.0519. The van der Waals surface area contributed by atoms with Crippen LogP contribution in [0.1, 0.15) is 52.2 Å². The van der Waals surface area contributed by atoms with E-state index in [4.69, 9.17) is 16.0 Å². The molecule has 0 aliphatic heterocycles. The average Bonchev–Trinajstić information content (AvgIpc) is 2.84. The van der Waals surface area contributed by atoms with E-state index in [0.29, 0.717) is 23.6 Å². The van der Waals surface area contributed by atoms with E-state index in [1.807, 2.05) is 12.1 Å². The number of aromatic hydroxyl groups is 1. The van der Waals surface area contributed by atoms with Gasteiger partial charge in [0.25, 0.3) is 8.32 Å². The highest BCUT2D eigenvalue weighted by molar-refractivity contribution is 6.99. The lowest BCUT2D eigenvalue weighted by Crippen LogP contribution is -2.66. The molecule has 3 aromatic rings. The number of hydrogen-bond donors (Lipinski definition) is 3. The van der Waals surface area contributed by atoms with E-state index in [0.717, 1.165) is 5.57 Å². The van der Waals surface area contributed by atoms with Gasteiger partial charge in [-0.05, 0) is 51.7 Å². The highest BCUT2D eigenvalue weighted by Crippen LogP contribution is 2.37. The zero-order chi connectivity index (χ0) is 27.1. The second kappa shape index (κ2) is 12.7. The predicted molar refractivity (Wildman–Crippen MR) is 154 cm³/mol. The number of hydrogen-bond acceptors (Lipinski definition) is 4. The molecule has 0 aliphatic rings. The van der Waals surface area contributed by atoms with Crippen molar-refractivity contribution >= 4 is 30.3 Å². The first-order valence-electron chi connectivity index (χ1n) is 12.6. The fourth-order valence-corrected chi connectivity index (χ4v) is 9.55. The molecular weight excluding hydrogens is 500 g/mol. The van der Waals surface area contributed by atoms with Crippen LogP contribution in [0.4, 0.5) is 0 Å². The summed E-state index contributed by atoms with van der Waals surface area (Å²) in [7, 11) is -2.74. The summed E-state index contributed by atoms with van der Waals surface area (Å²) in [5.41, 5.74) is 4.65. The Morgan fingerprint density at radius 2 is 1.54 bits per heavy atom. The molecule has 0 saturated heterocycles. The Morgan fingerprint density at radius 3 is 2.03 bits per heavy atom. The van der Waals surface area contributed by atoms with Gasteiger partial charge in [-0.15, -0.1) is 5.73 Å². The van der Waals surface area contributed by atoms with Crippen molar-refractivity contribution in [3.05, 3.63) is 107 Å². The second-order valence-electron chi connectivity index (χ2n) is 10.4. The van der Waals surface area contributed by atoms with Gasteiger partial charge in [-0.2, -0.15) is 0 Å². The SMILES string of the molecule is C[C@H](O)CC(=C=CC[C@@H](O)c1ccc(O)cc1Cl)CO[Si](c1ccccc1)(c1ccccc1)C(C)(C)C. The Morgan fingerprint density at radius 1 is 0.973 bits per heavy atom. The molecule has 0 unspecified atom stereocenters. The fraction of sp³-hybridized carbons (Fsp3) is 0.323. The molecule has 0 heterocycles. The summed E-state index contributed by atoms with van der Waals surface area (Å²) in [6.07, 6.45) is 1.05. The molecule has 0 radical (unpaired) electrons. The molecule has 3 rings (SSSR count). The molecule has 0 spiro atoms. The van der Waals surface area contributed by atoms with Crippen LogP contribution in [-0.2, 0) is 4.43 Å². The van der Waals surface area contributed by atoms with Crippen molar-refractivity contribution in [3.8, 4) is 5.75 Å². The van der Waals surface area contributed by atoms with Crippen molar-refractivity contribution in [1.82, 2.24) is 0 Å².